The molecule has 0 radical (unpaired) electrons. The van der Waals surface area contributed by atoms with Gasteiger partial charge in [0.1, 0.15) is 21.9 Å². The number of nitrogens with zero attached hydrogens (tertiary/aromatic N) is 3. The lowest BCUT2D eigenvalue weighted by atomic mass is 10.1. The lowest BCUT2D eigenvalue weighted by molar-refractivity contribution is -0.384. The smallest absolute Gasteiger partial charge is 0.293 e. The minimum Gasteiger partial charge on any atom is -0.320 e. The van der Waals surface area contributed by atoms with Crippen LogP contribution in [-0.4, -0.2) is 26.6 Å². The van der Waals surface area contributed by atoms with Gasteiger partial charge in [-0.05, 0) is 50.5 Å². The highest BCUT2D eigenvalue weighted by molar-refractivity contribution is 8.00. The van der Waals surface area contributed by atoms with Gasteiger partial charge in [-0.2, -0.15) is 0 Å². The van der Waals surface area contributed by atoms with Crippen molar-refractivity contribution >= 4 is 50.6 Å². The van der Waals surface area contributed by atoms with Crippen molar-refractivity contribution in [2.24, 2.45) is 0 Å². The summed E-state index contributed by atoms with van der Waals surface area (Å²) in [6, 6.07) is 3.11. The Labute approximate surface area is 164 Å². The number of aromatic nitrogens is 2. The molecular formula is C18H18N4O3S2. The van der Waals surface area contributed by atoms with Gasteiger partial charge in [0, 0.05) is 16.3 Å². The normalized spacial score (nSPS) is 11.0. The van der Waals surface area contributed by atoms with Crippen molar-refractivity contribution in [3.8, 4) is 0 Å². The molecule has 7 nitrogen and oxygen atoms in total. The van der Waals surface area contributed by atoms with Crippen LogP contribution in [0.25, 0.3) is 10.2 Å². The third-order valence-corrected chi connectivity index (χ3v) is 6.46. The second-order valence-electron chi connectivity index (χ2n) is 6.19. The summed E-state index contributed by atoms with van der Waals surface area (Å²) in [5, 5.41) is 15.6. The van der Waals surface area contributed by atoms with Crippen LogP contribution in [0.4, 0.5) is 11.4 Å². The number of rotatable bonds is 5. The van der Waals surface area contributed by atoms with E-state index in [-0.39, 0.29) is 23.0 Å². The van der Waals surface area contributed by atoms with Gasteiger partial charge in [0.05, 0.1) is 10.7 Å². The van der Waals surface area contributed by atoms with E-state index >= 15 is 0 Å². The molecule has 0 aliphatic rings. The number of carbonyl (C=O) groups is 1. The lowest BCUT2D eigenvalue weighted by Gasteiger charge is -2.09. The van der Waals surface area contributed by atoms with Crippen molar-refractivity contribution in [3.05, 3.63) is 50.1 Å². The number of aryl methyl sites for hydroxylation is 4. The van der Waals surface area contributed by atoms with E-state index in [1.807, 2.05) is 20.8 Å². The van der Waals surface area contributed by atoms with Gasteiger partial charge in [-0.1, -0.05) is 11.8 Å². The maximum Gasteiger partial charge on any atom is 0.293 e. The van der Waals surface area contributed by atoms with Crippen molar-refractivity contribution in [3.63, 3.8) is 0 Å². The van der Waals surface area contributed by atoms with E-state index in [9.17, 15) is 14.9 Å². The van der Waals surface area contributed by atoms with Gasteiger partial charge < -0.3 is 5.32 Å². The van der Waals surface area contributed by atoms with E-state index < -0.39 is 4.92 Å². The zero-order chi connectivity index (χ0) is 19.7. The van der Waals surface area contributed by atoms with Crippen LogP contribution < -0.4 is 5.32 Å². The lowest BCUT2D eigenvalue weighted by Crippen LogP contribution is -2.15. The first-order valence-corrected chi connectivity index (χ1v) is 9.97. The average molecular weight is 403 g/mol. The summed E-state index contributed by atoms with van der Waals surface area (Å²) in [5.74, 6) is -0.215. The maximum absolute atomic E-state index is 12.4. The van der Waals surface area contributed by atoms with E-state index in [4.69, 9.17) is 0 Å². The minimum absolute atomic E-state index is 0.102. The second kappa shape index (κ2) is 7.61. The van der Waals surface area contributed by atoms with Crippen LogP contribution in [0.2, 0.25) is 0 Å². The molecule has 140 valence electrons. The predicted molar refractivity (Wildman–Crippen MR) is 109 cm³/mol. The van der Waals surface area contributed by atoms with Gasteiger partial charge >= 0.3 is 0 Å². The zero-order valence-corrected chi connectivity index (χ0v) is 17.0. The molecule has 0 saturated carbocycles. The van der Waals surface area contributed by atoms with Crippen LogP contribution in [0.1, 0.15) is 21.6 Å². The van der Waals surface area contributed by atoms with Gasteiger partial charge in [0.15, 0.2) is 0 Å². The van der Waals surface area contributed by atoms with Crippen molar-refractivity contribution in [1.82, 2.24) is 9.97 Å². The van der Waals surface area contributed by atoms with Crippen molar-refractivity contribution in [1.29, 1.82) is 0 Å². The third-order valence-electron chi connectivity index (χ3n) is 4.35. The molecule has 0 saturated heterocycles. The number of thiophene rings is 1. The number of anilines is 1. The van der Waals surface area contributed by atoms with Crippen molar-refractivity contribution in [2.75, 3.05) is 11.1 Å². The van der Waals surface area contributed by atoms with Crippen LogP contribution in [0.5, 0.6) is 0 Å². The monoisotopic (exact) mass is 402 g/mol. The number of thioether (sulfide) groups is 1. The number of fused-ring (bicyclic) bond motifs is 1. The molecule has 3 rings (SSSR count). The molecule has 1 N–H and O–H groups in total. The number of carbonyl (C=O) groups excluding carboxylic acids is 1. The Balaban J connectivity index is 1.78. The summed E-state index contributed by atoms with van der Waals surface area (Å²) in [6.45, 7) is 7.69. The molecule has 1 amide bonds. The van der Waals surface area contributed by atoms with Gasteiger partial charge in [-0.15, -0.1) is 11.3 Å². The van der Waals surface area contributed by atoms with Crippen LogP contribution in [0, 0.1) is 37.8 Å². The van der Waals surface area contributed by atoms with Crippen LogP contribution in [0.15, 0.2) is 23.5 Å². The SMILES string of the molecule is Cc1cc(NC(=O)CSc2ncnc3sc(C)c(C)c23)c([N+](=O)[O-])cc1C. The summed E-state index contributed by atoms with van der Waals surface area (Å²) in [6.07, 6.45) is 1.49. The summed E-state index contributed by atoms with van der Waals surface area (Å²) in [7, 11) is 0. The number of amides is 1. The molecule has 0 fully saturated rings. The fourth-order valence-electron chi connectivity index (χ4n) is 2.63. The highest BCUT2D eigenvalue weighted by atomic mass is 32.2. The van der Waals surface area contributed by atoms with E-state index in [0.29, 0.717) is 0 Å². The number of hydrogen-bond acceptors (Lipinski definition) is 7. The number of nitrogens with one attached hydrogen (secondary N) is 1. The Morgan fingerprint density at radius 3 is 2.63 bits per heavy atom. The molecule has 9 heteroatoms. The first kappa shape index (κ1) is 19.2. The van der Waals surface area contributed by atoms with Crippen LogP contribution >= 0.6 is 23.1 Å². The largest absolute Gasteiger partial charge is 0.320 e. The van der Waals surface area contributed by atoms with E-state index in [1.165, 1.54) is 29.0 Å². The Bertz CT molecular complexity index is 1060. The number of nitro groups is 1. The maximum atomic E-state index is 12.4. The Kier molecular flexibility index (Phi) is 5.43. The summed E-state index contributed by atoms with van der Waals surface area (Å²) >= 11 is 2.90. The first-order valence-electron chi connectivity index (χ1n) is 8.17. The number of benzene rings is 1. The van der Waals surface area contributed by atoms with Crippen molar-refractivity contribution in [2.45, 2.75) is 32.7 Å². The Morgan fingerprint density at radius 1 is 1.22 bits per heavy atom. The molecule has 1 aromatic carbocycles. The van der Waals surface area contributed by atoms with Crippen LogP contribution in [-0.2, 0) is 4.79 Å². The van der Waals surface area contributed by atoms with Crippen LogP contribution in [0.3, 0.4) is 0 Å². The average Bonchev–Trinajstić information content (AvgIpc) is 2.90. The summed E-state index contributed by atoms with van der Waals surface area (Å²) in [5.41, 5.74) is 2.91. The quantitative estimate of drug-likeness (QED) is 0.291. The molecule has 3 aromatic rings. The second-order valence-corrected chi connectivity index (χ2v) is 8.36. The number of nitro benzene ring substituents is 1. The predicted octanol–water partition coefficient (Wildman–Crippen LogP) is 4.56. The van der Waals surface area contributed by atoms with Gasteiger partial charge in [-0.3, -0.25) is 14.9 Å². The van der Waals surface area contributed by atoms with Crippen molar-refractivity contribution < 1.29 is 9.72 Å². The van der Waals surface area contributed by atoms with E-state index in [0.717, 1.165) is 31.9 Å². The Hall–Kier alpha value is -2.52. The molecule has 0 aliphatic carbocycles. The van der Waals surface area contributed by atoms with Gasteiger partial charge in [0.2, 0.25) is 5.91 Å². The molecule has 2 heterocycles. The molecule has 2 aromatic heterocycles. The zero-order valence-electron chi connectivity index (χ0n) is 15.3. The highest BCUT2D eigenvalue weighted by Gasteiger charge is 2.19. The molecule has 0 atom stereocenters. The third kappa shape index (κ3) is 3.93. The highest BCUT2D eigenvalue weighted by Crippen LogP contribution is 2.34. The standard InChI is InChI=1S/C18H18N4O3S2/c1-9-5-13(14(22(24)25)6-10(9)2)21-15(23)7-26-17-16-11(3)12(4)27-18(16)20-8-19-17/h5-6,8H,7H2,1-4H3,(H,21,23). The summed E-state index contributed by atoms with van der Waals surface area (Å²) in [4.78, 5) is 33.8. The van der Waals surface area contributed by atoms with E-state index in [2.05, 4.69) is 15.3 Å². The molecular weight excluding hydrogens is 384 g/mol. The molecule has 0 spiro atoms. The number of hydrogen-bond donors (Lipinski definition) is 1. The van der Waals surface area contributed by atoms with Gasteiger partial charge in [0.25, 0.3) is 5.69 Å². The molecule has 0 bridgehead atoms. The first-order chi connectivity index (χ1) is 12.8. The fraction of sp³-hybridized carbons (Fsp3) is 0.278. The topological polar surface area (TPSA) is 98.0 Å². The van der Waals surface area contributed by atoms with E-state index in [1.54, 1.807) is 24.3 Å². The fourth-order valence-corrected chi connectivity index (χ4v) is 4.55. The minimum atomic E-state index is -0.485. The molecule has 0 unspecified atom stereocenters. The van der Waals surface area contributed by atoms with Gasteiger partial charge in [-0.25, -0.2) is 9.97 Å². The molecule has 27 heavy (non-hydrogen) atoms. The Morgan fingerprint density at radius 2 is 1.93 bits per heavy atom. The summed E-state index contributed by atoms with van der Waals surface area (Å²) < 4.78 is 0. The molecule has 0 aliphatic heterocycles.